The van der Waals surface area contributed by atoms with Gasteiger partial charge in [0.2, 0.25) is 11.8 Å². The summed E-state index contributed by atoms with van der Waals surface area (Å²) in [6, 6.07) is 10.6. The standard InChI is InChI=1S/C30H32N2O7/c1-5-23(28(34)32-24(29(35)36)13-19-9-7-6-8-10-19)31-27(33)12-11-20-17(3)22-14-21-16(2)18(4)38-25(21)15-26(22)39-30(20)37/h6-10,14-15,23-24H,5,11-13H2,1-4H3,(H,31,33)(H,32,34)(H,35,36). The van der Waals surface area contributed by atoms with E-state index in [0.29, 0.717) is 16.7 Å². The largest absolute Gasteiger partial charge is 0.480 e. The molecule has 9 heteroatoms. The van der Waals surface area contributed by atoms with Crippen molar-refractivity contribution in [3.63, 3.8) is 0 Å². The minimum Gasteiger partial charge on any atom is -0.480 e. The highest BCUT2D eigenvalue weighted by Crippen LogP contribution is 2.31. The number of aryl methyl sites for hydroxylation is 3. The number of fused-ring (bicyclic) bond motifs is 2. The average Bonchev–Trinajstić information content (AvgIpc) is 3.18. The molecule has 2 amide bonds. The summed E-state index contributed by atoms with van der Waals surface area (Å²) in [6.07, 6.45) is 0.472. The minimum atomic E-state index is -1.16. The molecular weight excluding hydrogens is 500 g/mol. The Labute approximate surface area is 225 Å². The molecule has 2 unspecified atom stereocenters. The topological polar surface area (TPSA) is 139 Å². The lowest BCUT2D eigenvalue weighted by molar-refractivity contribution is -0.142. The van der Waals surface area contributed by atoms with Crippen LogP contribution in [0.2, 0.25) is 0 Å². The molecule has 0 radical (unpaired) electrons. The normalized spacial score (nSPS) is 12.8. The molecule has 0 aliphatic rings. The predicted octanol–water partition coefficient (Wildman–Crippen LogP) is 4.10. The summed E-state index contributed by atoms with van der Waals surface area (Å²) in [6.45, 7) is 7.39. The molecule has 2 aromatic heterocycles. The Morgan fingerprint density at radius 3 is 2.23 bits per heavy atom. The molecule has 9 nitrogen and oxygen atoms in total. The number of amides is 2. The van der Waals surface area contributed by atoms with Crippen molar-refractivity contribution in [2.45, 2.75) is 65.5 Å². The van der Waals surface area contributed by atoms with Crippen molar-refractivity contribution in [3.05, 3.63) is 80.9 Å². The Morgan fingerprint density at radius 2 is 1.56 bits per heavy atom. The lowest BCUT2D eigenvalue weighted by Gasteiger charge is -2.20. The Hall–Kier alpha value is -4.40. The van der Waals surface area contributed by atoms with Gasteiger partial charge in [0.1, 0.15) is 29.0 Å². The van der Waals surface area contributed by atoms with Crippen LogP contribution in [-0.2, 0) is 27.2 Å². The van der Waals surface area contributed by atoms with Crippen molar-refractivity contribution in [3.8, 4) is 0 Å². The van der Waals surface area contributed by atoms with E-state index < -0.39 is 35.5 Å². The number of nitrogens with one attached hydrogen (secondary N) is 2. The first-order chi connectivity index (χ1) is 18.6. The number of carbonyl (C=O) groups excluding carboxylic acids is 2. The van der Waals surface area contributed by atoms with E-state index in [2.05, 4.69) is 10.6 Å². The lowest BCUT2D eigenvalue weighted by atomic mass is 10.00. The van der Waals surface area contributed by atoms with E-state index in [-0.39, 0.29) is 25.7 Å². The van der Waals surface area contributed by atoms with E-state index >= 15 is 0 Å². The van der Waals surface area contributed by atoms with Gasteiger partial charge in [-0.25, -0.2) is 9.59 Å². The molecule has 4 aromatic rings. The molecule has 4 rings (SSSR count). The minimum absolute atomic E-state index is 0.0423. The van der Waals surface area contributed by atoms with Gasteiger partial charge < -0.3 is 24.6 Å². The van der Waals surface area contributed by atoms with Gasteiger partial charge in [0.15, 0.2) is 0 Å². The summed E-state index contributed by atoms with van der Waals surface area (Å²) in [5.74, 6) is -1.38. The van der Waals surface area contributed by atoms with Crippen LogP contribution in [0.4, 0.5) is 0 Å². The molecule has 0 aliphatic heterocycles. The van der Waals surface area contributed by atoms with Crippen LogP contribution in [-0.4, -0.2) is 35.0 Å². The van der Waals surface area contributed by atoms with Gasteiger partial charge in [-0.3, -0.25) is 9.59 Å². The van der Waals surface area contributed by atoms with E-state index in [1.165, 1.54) is 0 Å². The average molecular weight is 533 g/mol. The van der Waals surface area contributed by atoms with Crippen molar-refractivity contribution >= 4 is 39.7 Å². The fraction of sp³-hybridized carbons (Fsp3) is 0.333. The molecule has 2 aromatic carbocycles. The second kappa shape index (κ2) is 11.6. The van der Waals surface area contributed by atoms with Crippen LogP contribution >= 0.6 is 0 Å². The third-order valence-electron chi connectivity index (χ3n) is 7.14. The lowest BCUT2D eigenvalue weighted by Crippen LogP contribution is -2.52. The molecule has 3 N–H and O–H groups in total. The third-order valence-corrected chi connectivity index (χ3v) is 7.14. The van der Waals surface area contributed by atoms with E-state index in [0.717, 1.165) is 33.2 Å². The fourth-order valence-corrected chi connectivity index (χ4v) is 4.69. The molecule has 39 heavy (non-hydrogen) atoms. The van der Waals surface area contributed by atoms with E-state index in [4.69, 9.17) is 8.83 Å². The monoisotopic (exact) mass is 532 g/mol. The molecule has 0 spiro atoms. The molecule has 2 heterocycles. The third kappa shape index (κ3) is 6.03. The number of furan rings is 1. The second-order valence-corrected chi connectivity index (χ2v) is 9.74. The quantitative estimate of drug-likeness (QED) is 0.261. The Kier molecular flexibility index (Phi) is 8.18. The molecule has 0 aliphatic carbocycles. The number of carbonyl (C=O) groups is 3. The van der Waals surface area contributed by atoms with E-state index in [1.807, 2.05) is 32.9 Å². The molecule has 0 saturated heterocycles. The van der Waals surface area contributed by atoms with Crippen LogP contribution in [0.3, 0.4) is 0 Å². The molecule has 0 fully saturated rings. The zero-order chi connectivity index (χ0) is 28.3. The fourth-order valence-electron chi connectivity index (χ4n) is 4.69. The summed E-state index contributed by atoms with van der Waals surface area (Å²) < 4.78 is 11.3. The first-order valence-electron chi connectivity index (χ1n) is 12.9. The van der Waals surface area contributed by atoms with Gasteiger partial charge in [-0.05, 0) is 56.4 Å². The van der Waals surface area contributed by atoms with Crippen molar-refractivity contribution in [1.82, 2.24) is 10.6 Å². The maximum atomic E-state index is 12.8. The maximum Gasteiger partial charge on any atom is 0.339 e. The van der Waals surface area contributed by atoms with Crippen LogP contribution in [0.15, 0.2) is 56.1 Å². The van der Waals surface area contributed by atoms with Gasteiger partial charge in [-0.15, -0.1) is 0 Å². The predicted molar refractivity (Wildman–Crippen MR) is 147 cm³/mol. The van der Waals surface area contributed by atoms with Crippen LogP contribution in [0, 0.1) is 20.8 Å². The van der Waals surface area contributed by atoms with Crippen molar-refractivity contribution in [2.75, 3.05) is 0 Å². The van der Waals surface area contributed by atoms with Gasteiger partial charge in [0.25, 0.3) is 0 Å². The second-order valence-electron chi connectivity index (χ2n) is 9.74. The molecular formula is C30H32N2O7. The summed E-state index contributed by atoms with van der Waals surface area (Å²) in [5.41, 5.74) is 3.43. The van der Waals surface area contributed by atoms with Crippen LogP contribution in [0.25, 0.3) is 21.9 Å². The SMILES string of the molecule is CCC(NC(=O)CCc1c(C)c2cc3c(C)c(C)oc3cc2oc1=O)C(=O)NC(Cc1ccccc1)C(=O)O. The zero-order valence-electron chi connectivity index (χ0n) is 22.4. The zero-order valence-corrected chi connectivity index (χ0v) is 22.4. The maximum absolute atomic E-state index is 12.8. The summed E-state index contributed by atoms with van der Waals surface area (Å²) >= 11 is 0. The molecule has 2 atom stereocenters. The van der Waals surface area contributed by atoms with Gasteiger partial charge in [-0.1, -0.05) is 37.3 Å². The highest BCUT2D eigenvalue weighted by molar-refractivity contribution is 5.97. The Bertz CT molecular complexity index is 1600. The van der Waals surface area contributed by atoms with E-state index in [1.54, 1.807) is 37.3 Å². The van der Waals surface area contributed by atoms with Gasteiger partial charge in [-0.2, -0.15) is 0 Å². The van der Waals surface area contributed by atoms with Gasteiger partial charge in [0.05, 0.1) is 0 Å². The summed E-state index contributed by atoms with van der Waals surface area (Å²) in [4.78, 5) is 50.1. The Balaban J connectivity index is 1.44. The molecule has 204 valence electrons. The van der Waals surface area contributed by atoms with Crippen LogP contribution in [0.5, 0.6) is 0 Å². The number of hydrogen-bond acceptors (Lipinski definition) is 6. The molecule has 0 bridgehead atoms. The number of rotatable bonds is 10. The molecule has 0 saturated carbocycles. The highest BCUT2D eigenvalue weighted by atomic mass is 16.4. The number of hydrogen-bond donors (Lipinski definition) is 3. The smallest absolute Gasteiger partial charge is 0.339 e. The van der Waals surface area contributed by atoms with Crippen molar-refractivity contribution in [2.24, 2.45) is 0 Å². The van der Waals surface area contributed by atoms with Gasteiger partial charge >= 0.3 is 11.6 Å². The number of aliphatic carboxylic acids is 1. The van der Waals surface area contributed by atoms with Crippen molar-refractivity contribution in [1.29, 1.82) is 0 Å². The van der Waals surface area contributed by atoms with Crippen LogP contribution < -0.4 is 16.3 Å². The van der Waals surface area contributed by atoms with E-state index in [9.17, 15) is 24.3 Å². The highest BCUT2D eigenvalue weighted by Gasteiger charge is 2.26. The number of benzene rings is 2. The van der Waals surface area contributed by atoms with Crippen LogP contribution in [0.1, 0.15) is 47.8 Å². The Morgan fingerprint density at radius 1 is 0.897 bits per heavy atom. The first kappa shape index (κ1) is 27.6. The van der Waals surface area contributed by atoms with Crippen molar-refractivity contribution < 1.29 is 28.3 Å². The number of carboxylic acids is 1. The first-order valence-corrected chi connectivity index (χ1v) is 12.9. The number of carboxylic acid groups (broad SMARTS) is 1. The summed E-state index contributed by atoms with van der Waals surface area (Å²) in [7, 11) is 0. The van der Waals surface area contributed by atoms with Gasteiger partial charge in [0, 0.05) is 35.2 Å². The summed E-state index contributed by atoms with van der Waals surface area (Å²) in [5, 5.41) is 16.5.